The summed E-state index contributed by atoms with van der Waals surface area (Å²) in [6.07, 6.45) is 0. The molecule has 0 spiro atoms. The minimum absolute atomic E-state index is 0.0256. The molecule has 7 heteroatoms. The summed E-state index contributed by atoms with van der Waals surface area (Å²) in [5, 5.41) is 0.107. The normalized spacial score (nSPS) is 11.0. The van der Waals surface area contributed by atoms with Crippen LogP contribution in [0.4, 0.5) is 5.69 Å². The van der Waals surface area contributed by atoms with Crippen LogP contribution in [0.3, 0.4) is 0 Å². The number of nitrogens with one attached hydrogen (secondary N) is 1. The summed E-state index contributed by atoms with van der Waals surface area (Å²) in [6, 6.07) is 10.8. The molecule has 0 saturated heterocycles. The van der Waals surface area contributed by atoms with Crippen LogP contribution in [0, 0.1) is 6.92 Å². The summed E-state index contributed by atoms with van der Waals surface area (Å²) in [7, 11) is -2.63. The minimum atomic E-state index is -3.83. The fourth-order valence-corrected chi connectivity index (χ4v) is 3.16. The van der Waals surface area contributed by atoms with Crippen molar-refractivity contribution in [2.24, 2.45) is 0 Å². The Morgan fingerprint density at radius 3 is 2.36 bits per heavy atom. The number of halogens is 1. The molecular formula is C15H14ClNO4S. The molecule has 2 aromatic carbocycles. The highest BCUT2D eigenvalue weighted by Crippen LogP contribution is 2.27. The lowest BCUT2D eigenvalue weighted by molar-refractivity contribution is 0.0602. The van der Waals surface area contributed by atoms with Gasteiger partial charge in [0.2, 0.25) is 0 Å². The van der Waals surface area contributed by atoms with E-state index in [1.54, 1.807) is 18.2 Å². The van der Waals surface area contributed by atoms with Gasteiger partial charge in [-0.15, -0.1) is 0 Å². The molecule has 0 unspecified atom stereocenters. The third-order valence-corrected chi connectivity index (χ3v) is 4.68. The lowest BCUT2D eigenvalue weighted by atomic mass is 10.2. The Balaban J connectivity index is 2.44. The van der Waals surface area contributed by atoms with Crippen molar-refractivity contribution in [3.05, 3.63) is 58.6 Å². The maximum atomic E-state index is 12.4. The fraction of sp³-hybridized carbons (Fsp3) is 0.133. The van der Waals surface area contributed by atoms with Crippen LogP contribution in [0.2, 0.25) is 5.02 Å². The third kappa shape index (κ3) is 3.40. The minimum Gasteiger partial charge on any atom is -0.465 e. The number of carbonyl (C=O) groups excluding carboxylic acids is 1. The Labute approximate surface area is 133 Å². The first-order chi connectivity index (χ1) is 10.3. The van der Waals surface area contributed by atoms with Gasteiger partial charge in [-0.3, -0.25) is 4.72 Å². The first kappa shape index (κ1) is 16.3. The molecule has 2 rings (SSSR count). The van der Waals surface area contributed by atoms with E-state index >= 15 is 0 Å². The number of hydrogen-bond acceptors (Lipinski definition) is 4. The quantitative estimate of drug-likeness (QED) is 0.868. The van der Waals surface area contributed by atoms with Crippen molar-refractivity contribution in [1.29, 1.82) is 0 Å². The van der Waals surface area contributed by atoms with Crippen LogP contribution in [0.15, 0.2) is 47.4 Å². The highest BCUT2D eigenvalue weighted by molar-refractivity contribution is 7.92. The molecule has 0 aliphatic heterocycles. The van der Waals surface area contributed by atoms with Gasteiger partial charge in [-0.2, -0.15) is 0 Å². The van der Waals surface area contributed by atoms with Crippen molar-refractivity contribution >= 4 is 33.3 Å². The number of aryl methyl sites for hydroxylation is 1. The van der Waals surface area contributed by atoms with Gasteiger partial charge >= 0.3 is 5.97 Å². The number of esters is 1. The largest absolute Gasteiger partial charge is 0.465 e. The van der Waals surface area contributed by atoms with Crippen LogP contribution >= 0.6 is 11.6 Å². The molecule has 5 nitrogen and oxygen atoms in total. The van der Waals surface area contributed by atoms with Crippen molar-refractivity contribution in [2.75, 3.05) is 11.8 Å². The molecule has 0 fully saturated rings. The van der Waals surface area contributed by atoms with E-state index in [1.807, 2.05) is 6.92 Å². The fourth-order valence-electron chi connectivity index (χ4n) is 1.84. The van der Waals surface area contributed by atoms with Crippen LogP contribution in [-0.2, 0) is 14.8 Å². The first-order valence-electron chi connectivity index (χ1n) is 6.31. The average Bonchev–Trinajstić information content (AvgIpc) is 2.47. The number of rotatable bonds is 4. The number of anilines is 1. The van der Waals surface area contributed by atoms with Crippen molar-refractivity contribution in [1.82, 2.24) is 0 Å². The number of benzene rings is 2. The van der Waals surface area contributed by atoms with Gasteiger partial charge in [0.1, 0.15) is 5.56 Å². The van der Waals surface area contributed by atoms with Gasteiger partial charge in [0.15, 0.2) is 0 Å². The Morgan fingerprint density at radius 2 is 1.77 bits per heavy atom. The molecule has 2 aromatic rings. The van der Waals surface area contributed by atoms with Crippen molar-refractivity contribution in [2.45, 2.75) is 11.8 Å². The van der Waals surface area contributed by atoms with Crippen LogP contribution in [-0.4, -0.2) is 21.5 Å². The molecule has 0 aliphatic carbocycles. The lowest BCUT2D eigenvalue weighted by Crippen LogP contribution is -2.16. The summed E-state index contributed by atoms with van der Waals surface area (Å²) in [5.41, 5.74) is 0.985. The van der Waals surface area contributed by atoms with E-state index in [0.29, 0.717) is 0 Å². The molecule has 22 heavy (non-hydrogen) atoms. The summed E-state index contributed by atoms with van der Waals surface area (Å²) in [4.78, 5) is 11.9. The molecule has 0 aliphatic rings. The molecular weight excluding hydrogens is 326 g/mol. The van der Waals surface area contributed by atoms with E-state index in [0.717, 1.165) is 5.56 Å². The topological polar surface area (TPSA) is 72.5 Å². The summed E-state index contributed by atoms with van der Waals surface area (Å²) >= 11 is 5.96. The van der Waals surface area contributed by atoms with E-state index < -0.39 is 16.0 Å². The van der Waals surface area contributed by atoms with Gasteiger partial charge in [-0.05, 0) is 31.2 Å². The van der Waals surface area contributed by atoms with Crippen molar-refractivity contribution < 1.29 is 17.9 Å². The van der Waals surface area contributed by atoms with Gasteiger partial charge < -0.3 is 4.74 Å². The maximum absolute atomic E-state index is 12.4. The van der Waals surface area contributed by atoms with Crippen molar-refractivity contribution in [3.63, 3.8) is 0 Å². The SMILES string of the molecule is COC(=O)c1c(Cl)cccc1NS(=O)(=O)c1ccc(C)cc1. The van der Waals surface area contributed by atoms with Crippen LogP contribution in [0.25, 0.3) is 0 Å². The predicted molar refractivity (Wildman–Crippen MR) is 84.8 cm³/mol. The molecule has 0 saturated carbocycles. The summed E-state index contributed by atoms with van der Waals surface area (Å²) in [6.45, 7) is 1.86. The number of hydrogen-bond donors (Lipinski definition) is 1. The van der Waals surface area contributed by atoms with E-state index in [9.17, 15) is 13.2 Å². The molecule has 1 N–H and O–H groups in total. The van der Waals surface area contributed by atoms with E-state index in [1.165, 1.54) is 31.4 Å². The Bertz CT molecular complexity index is 801. The van der Waals surface area contributed by atoms with Gasteiger partial charge in [0, 0.05) is 0 Å². The number of methoxy groups -OCH3 is 1. The summed E-state index contributed by atoms with van der Waals surface area (Å²) in [5.74, 6) is -0.716. The Hall–Kier alpha value is -2.05. The Kier molecular flexibility index (Phi) is 4.73. The van der Waals surface area contributed by atoms with Crippen LogP contribution in [0.1, 0.15) is 15.9 Å². The van der Waals surface area contributed by atoms with Gasteiger partial charge in [-0.1, -0.05) is 35.4 Å². The monoisotopic (exact) mass is 339 g/mol. The second-order valence-corrected chi connectivity index (χ2v) is 6.66. The lowest BCUT2D eigenvalue weighted by Gasteiger charge is -2.12. The van der Waals surface area contributed by atoms with Crippen LogP contribution in [0.5, 0.6) is 0 Å². The van der Waals surface area contributed by atoms with Gasteiger partial charge in [-0.25, -0.2) is 13.2 Å². The zero-order chi connectivity index (χ0) is 16.3. The zero-order valence-corrected chi connectivity index (χ0v) is 13.5. The zero-order valence-electron chi connectivity index (χ0n) is 12.0. The second-order valence-electron chi connectivity index (χ2n) is 4.57. The van der Waals surface area contributed by atoms with E-state index in [-0.39, 0.29) is 21.2 Å². The highest BCUT2D eigenvalue weighted by atomic mass is 35.5. The van der Waals surface area contributed by atoms with E-state index in [4.69, 9.17) is 11.6 Å². The molecule has 0 radical (unpaired) electrons. The molecule has 0 atom stereocenters. The highest BCUT2D eigenvalue weighted by Gasteiger charge is 2.21. The van der Waals surface area contributed by atoms with Gasteiger partial charge in [0.05, 0.1) is 22.7 Å². The molecule has 116 valence electrons. The molecule has 0 aromatic heterocycles. The van der Waals surface area contributed by atoms with Gasteiger partial charge in [0.25, 0.3) is 10.0 Å². The molecule has 0 bridgehead atoms. The standard InChI is InChI=1S/C15H14ClNO4S/c1-10-6-8-11(9-7-10)22(19,20)17-13-5-3-4-12(16)14(13)15(18)21-2/h3-9,17H,1-2H3. The van der Waals surface area contributed by atoms with Crippen molar-refractivity contribution in [3.8, 4) is 0 Å². The first-order valence-corrected chi connectivity index (χ1v) is 8.17. The maximum Gasteiger partial charge on any atom is 0.341 e. The second kappa shape index (κ2) is 6.37. The third-order valence-electron chi connectivity index (χ3n) is 2.98. The molecule has 0 heterocycles. The Morgan fingerprint density at radius 1 is 1.14 bits per heavy atom. The number of carbonyl (C=O) groups is 1. The summed E-state index contributed by atoms with van der Waals surface area (Å²) < 4.78 is 31.8. The predicted octanol–water partition coefficient (Wildman–Crippen LogP) is 3.24. The number of ether oxygens (including phenoxy) is 1. The van der Waals surface area contributed by atoms with E-state index in [2.05, 4.69) is 9.46 Å². The average molecular weight is 340 g/mol. The number of sulfonamides is 1. The smallest absolute Gasteiger partial charge is 0.341 e. The van der Waals surface area contributed by atoms with Crippen LogP contribution < -0.4 is 4.72 Å². The molecule has 0 amide bonds.